The molecule has 0 fully saturated rings. The molecule has 2 heterocycles. The molecule has 0 saturated carbocycles. The van der Waals surface area contributed by atoms with Crippen molar-refractivity contribution in [3.8, 4) is 5.75 Å². The number of ether oxygens (including phenoxy) is 1. The topological polar surface area (TPSA) is 12.5 Å². The van der Waals surface area contributed by atoms with Gasteiger partial charge in [-0.05, 0) is 49.0 Å². The van der Waals surface area contributed by atoms with Crippen molar-refractivity contribution in [1.82, 2.24) is 4.90 Å². The number of rotatable bonds is 3. The third-order valence-corrected chi connectivity index (χ3v) is 4.93. The summed E-state index contributed by atoms with van der Waals surface area (Å²) < 4.78 is 6.26. The molecule has 4 heteroatoms. The van der Waals surface area contributed by atoms with E-state index in [1.54, 1.807) is 0 Å². The Morgan fingerprint density at radius 1 is 1.24 bits per heavy atom. The molecule has 1 aromatic heterocycles. The van der Waals surface area contributed by atoms with Crippen molar-refractivity contribution in [3.05, 3.63) is 51.7 Å². The summed E-state index contributed by atoms with van der Waals surface area (Å²) in [6.45, 7) is 4.25. The maximum absolute atomic E-state index is 6.26. The minimum absolute atomic E-state index is 0. The van der Waals surface area contributed by atoms with E-state index in [2.05, 4.69) is 54.6 Å². The number of likely N-dealkylation sites (N-methyl/N-ethyl adjacent to an activating group) is 1. The summed E-state index contributed by atoms with van der Waals surface area (Å²) in [5.74, 6) is 0.972. The molecule has 0 spiro atoms. The van der Waals surface area contributed by atoms with Gasteiger partial charge in [-0.3, -0.25) is 0 Å². The van der Waals surface area contributed by atoms with Crippen LogP contribution in [0.1, 0.15) is 29.0 Å². The highest BCUT2D eigenvalue weighted by Crippen LogP contribution is 2.31. The molecule has 3 rings (SSSR count). The van der Waals surface area contributed by atoms with Gasteiger partial charge in [-0.2, -0.15) is 0 Å². The average molecular weight is 324 g/mol. The summed E-state index contributed by atoms with van der Waals surface area (Å²) in [4.78, 5) is 3.84. The third kappa shape index (κ3) is 3.79. The molecule has 0 aliphatic carbocycles. The van der Waals surface area contributed by atoms with Crippen molar-refractivity contribution in [3.63, 3.8) is 0 Å². The Bertz CT molecular complexity index is 566. The molecule has 1 atom stereocenters. The Balaban J connectivity index is 0.00000161. The molecule has 21 heavy (non-hydrogen) atoms. The fourth-order valence-corrected chi connectivity index (χ4v) is 3.60. The minimum Gasteiger partial charge on any atom is -0.484 e. The van der Waals surface area contributed by atoms with Gasteiger partial charge in [-0.25, -0.2) is 0 Å². The van der Waals surface area contributed by atoms with E-state index in [0.717, 1.165) is 31.7 Å². The molecule has 1 aliphatic heterocycles. The zero-order valence-electron chi connectivity index (χ0n) is 12.5. The molecular formula is C17H22ClNOS. The number of aryl methyl sites for hydroxylation is 1. The van der Waals surface area contributed by atoms with Crippen LogP contribution in [0, 0.1) is 0 Å². The molecule has 114 valence electrons. The van der Waals surface area contributed by atoms with Crippen LogP contribution in [0.3, 0.4) is 0 Å². The average Bonchev–Trinajstić information content (AvgIpc) is 2.88. The van der Waals surface area contributed by atoms with E-state index in [-0.39, 0.29) is 18.5 Å². The van der Waals surface area contributed by atoms with E-state index >= 15 is 0 Å². The number of hydrogen-bond acceptors (Lipinski definition) is 3. The van der Waals surface area contributed by atoms with Crippen molar-refractivity contribution in [2.75, 3.05) is 20.1 Å². The van der Waals surface area contributed by atoms with Crippen LogP contribution in [0.15, 0.2) is 35.7 Å². The van der Waals surface area contributed by atoms with Crippen molar-refractivity contribution < 1.29 is 4.74 Å². The highest BCUT2D eigenvalue weighted by Gasteiger charge is 2.23. The van der Waals surface area contributed by atoms with Crippen LogP contribution in [-0.4, -0.2) is 25.0 Å². The molecule has 0 bridgehead atoms. The predicted molar refractivity (Wildman–Crippen MR) is 92.0 cm³/mol. The normalized spacial score (nSPS) is 18.5. The van der Waals surface area contributed by atoms with Gasteiger partial charge < -0.3 is 9.64 Å². The largest absolute Gasteiger partial charge is 0.484 e. The van der Waals surface area contributed by atoms with Gasteiger partial charge in [0, 0.05) is 23.5 Å². The van der Waals surface area contributed by atoms with Gasteiger partial charge in [0.2, 0.25) is 0 Å². The maximum Gasteiger partial charge on any atom is 0.137 e. The summed E-state index contributed by atoms with van der Waals surface area (Å²) in [5, 5.41) is 2.19. The Morgan fingerprint density at radius 3 is 2.71 bits per heavy atom. The molecule has 2 aromatic rings. The Morgan fingerprint density at radius 2 is 2.00 bits per heavy atom. The van der Waals surface area contributed by atoms with Crippen LogP contribution >= 0.6 is 23.7 Å². The summed E-state index contributed by atoms with van der Waals surface area (Å²) in [6, 6.07) is 10.7. The number of fused-ring (bicyclic) bond motifs is 1. The van der Waals surface area contributed by atoms with Crippen LogP contribution in [0.4, 0.5) is 0 Å². The second-order valence-corrected chi connectivity index (χ2v) is 6.42. The number of benzene rings is 1. The Hall–Kier alpha value is -1.03. The van der Waals surface area contributed by atoms with Gasteiger partial charge in [0.1, 0.15) is 11.9 Å². The van der Waals surface area contributed by atoms with Crippen LogP contribution in [0.25, 0.3) is 0 Å². The SMILES string of the molecule is CCc1ccc(OC2CN(C)CCc3sccc32)cc1.Cl. The number of hydrogen-bond donors (Lipinski definition) is 0. The lowest BCUT2D eigenvalue weighted by molar-refractivity contribution is 0.156. The fraction of sp³-hybridized carbons (Fsp3) is 0.412. The van der Waals surface area contributed by atoms with E-state index in [0.29, 0.717) is 0 Å². The van der Waals surface area contributed by atoms with Crippen molar-refractivity contribution >= 4 is 23.7 Å². The highest BCUT2D eigenvalue weighted by atomic mass is 35.5. The smallest absolute Gasteiger partial charge is 0.137 e. The Kier molecular flexibility index (Phi) is 5.68. The van der Waals surface area contributed by atoms with E-state index in [1.807, 2.05) is 11.3 Å². The van der Waals surface area contributed by atoms with Gasteiger partial charge in [0.25, 0.3) is 0 Å². The Labute approximate surface area is 137 Å². The summed E-state index contributed by atoms with van der Waals surface area (Å²) in [6.07, 6.45) is 2.36. The van der Waals surface area contributed by atoms with Crippen LogP contribution in [-0.2, 0) is 12.8 Å². The molecule has 1 unspecified atom stereocenters. The maximum atomic E-state index is 6.26. The van der Waals surface area contributed by atoms with Crippen molar-refractivity contribution in [1.29, 1.82) is 0 Å². The van der Waals surface area contributed by atoms with Crippen molar-refractivity contribution in [2.24, 2.45) is 0 Å². The highest BCUT2D eigenvalue weighted by molar-refractivity contribution is 7.10. The second-order valence-electron chi connectivity index (χ2n) is 5.42. The van der Waals surface area contributed by atoms with E-state index in [9.17, 15) is 0 Å². The molecule has 0 N–H and O–H groups in total. The summed E-state index contributed by atoms with van der Waals surface area (Å²) >= 11 is 1.85. The van der Waals surface area contributed by atoms with Gasteiger partial charge in [-0.1, -0.05) is 19.1 Å². The first-order chi connectivity index (χ1) is 9.76. The zero-order valence-corrected chi connectivity index (χ0v) is 14.2. The second kappa shape index (κ2) is 7.30. The monoisotopic (exact) mass is 323 g/mol. The molecular weight excluding hydrogens is 302 g/mol. The van der Waals surface area contributed by atoms with Crippen LogP contribution in [0.5, 0.6) is 5.75 Å². The van der Waals surface area contributed by atoms with Gasteiger partial charge in [0.05, 0.1) is 0 Å². The first kappa shape index (κ1) is 16.3. The molecule has 0 amide bonds. The van der Waals surface area contributed by atoms with E-state index < -0.39 is 0 Å². The standard InChI is InChI=1S/C17H21NOS.ClH/c1-3-13-4-6-14(7-5-13)19-16-12-18(2)10-8-17-15(16)9-11-20-17;/h4-7,9,11,16H,3,8,10,12H2,1-2H3;1H. The first-order valence-electron chi connectivity index (χ1n) is 7.26. The first-order valence-corrected chi connectivity index (χ1v) is 8.14. The van der Waals surface area contributed by atoms with E-state index in [4.69, 9.17) is 4.74 Å². The zero-order chi connectivity index (χ0) is 13.9. The lowest BCUT2D eigenvalue weighted by Crippen LogP contribution is -2.26. The fourth-order valence-electron chi connectivity index (χ4n) is 2.67. The molecule has 2 nitrogen and oxygen atoms in total. The molecule has 0 radical (unpaired) electrons. The van der Waals surface area contributed by atoms with Crippen LogP contribution in [0.2, 0.25) is 0 Å². The van der Waals surface area contributed by atoms with Crippen LogP contribution < -0.4 is 4.74 Å². The third-order valence-electron chi connectivity index (χ3n) is 3.93. The number of halogens is 1. The van der Waals surface area contributed by atoms with E-state index in [1.165, 1.54) is 16.0 Å². The molecule has 1 aromatic carbocycles. The lowest BCUT2D eigenvalue weighted by Gasteiger charge is -2.22. The van der Waals surface area contributed by atoms with Gasteiger partial charge in [0.15, 0.2) is 0 Å². The summed E-state index contributed by atoms with van der Waals surface area (Å²) in [5.41, 5.74) is 2.73. The number of thiophene rings is 1. The lowest BCUT2D eigenvalue weighted by atomic mass is 10.1. The number of nitrogens with zero attached hydrogens (tertiary/aromatic N) is 1. The van der Waals surface area contributed by atoms with Crippen molar-refractivity contribution in [2.45, 2.75) is 25.9 Å². The van der Waals surface area contributed by atoms with Gasteiger partial charge >= 0.3 is 0 Å². The predicted octanol–water partition coefficient (Wildman–Crippen LogP) is 4.34. The van der Waals surface area contributed by atoms with Gasteiger partial charge in [-0.15, -0.1) is 23.7 Å². The minimum atomic E-state index is 0. The molecule has 1 aliphatic rings. The molecule has 0 saturated heterocycles. The summed E-state index contributed by atoms with van der Waals surface area (Å²) in [7, 11) is 2.17. The quantitative estimate of drug-likeness (QED) is 0.833.